The van der Waals surface area contributed by atoms with Crippen molar-refractivity contribution in [2.24, 2.45) is 5.92 Å². The summed E-state index contributed by atoms with van der Waals surface area (Å²) < 4.78 is 0. The van der Waals surface area contributed by atoms with Crippen LogP contribution in [-0.4, -0.2) is 78.9 Å². The number of hydrogen-bond acceptors (Lipinski definition) is 4. The van der Waals surface area contributed by atoms with Gasteiger partial charge in [0.25, 0.3) is 0 Å². The first-order chi connectivity index (χ1) is 14.3. The number of carbonyl (C=O) groups is 2. The lowest BCUT2D eigenvalue weighted by atomic mass is 9.87. The zero-order chi connectivity index (χ0) is 21.7. The van der Waals surface area contributed by atoms with Gasteiger partial charge in [-0.05, 0) is 63.6 Å². The summed E-state index contributed by atoms with van der Waals surface area (Å²) in [5.74, 6) is 1.06. The van der Waals surface area contributed by atoms with Gasteiger partial charge in [-0.2, -0.15) is 0 Å². The number of nitrogens with one attached hydrogen (secondary N) is 1. The van der Waals surface area contributed by atoms with Crippen molar-refractivity contribution in [1.29, 1.82) is 0 Å². The highest BCUT2D eigenvalue weighted by molar-refractivity contribution is 5.93. The Morgan fingerprint density at radius 3 is 2.23 bits per heavy atom. The second kappa shape index (κ2) is 10.4. The van der Waals surface area contributed by atoms with Crippen LogP contribution in [0.25, 0.3) is 0 Å². The van der Waals surface area contributed by atoms with Gasteiger partial charge in [0.2, 0.25) is 11.8 Å². The Bertz CT molecular complexity index is 714. The number of rotatable bonds is 6. The second-order valence-electron chi connectivity index (χ2n) is 9.30. The minimum atomic E-state index is 0.0124. The molecule has 0 aromatic heterocycles. The van der Waals surface area contributed by atoms with E-state index in [1.807, 2.05) is 36.9 Å². The van der Waals surface area contributed by atoms with Gasteiger partial charge in [-0.25, -0.2) is 0 Å². The van der Waals surface area contributed by atoms with Gasteiger partial charge in [0.1, 0.15) is 0 Å². The third kappa shape index (κ3) is 6.05. The first-order valence-electron chi connectivity index (χ1n) is 11.4. The van der Waals surface area contributed by atoms with Crippen LogP contribution in [0.2, 0.25) is 0 Å². The molecule has 6 heteroatoms. The number of hydrogen-bond donors (Lipinski definition) is 1. The monoisotopic (exact) mass is 414 g/mol. The van der Waals surface area contributed by atoms with Crippen LogP contribution in [0.3, 0.4) is 0 Å². The van der Waals surface area contributed by atoms with E-state index in [0.717, 1.165) is 35.8 Å². The fourth-order valence-corrected chi connectivity index (χ4v) is 4.67. The molecule has 0 spiro atoms. The summed E-state index contributed by atoms with van der Waals surface area (Å²) >= 11 is 0. The first-order valence-corrected chi connectivity index (χ1v) is 11.4. The van der Waals surface area contributed by atoms with Crippen molar-refractivity contribution in [3.05, 3.63) is 29.3 Å². The molecule has 1 aliphatic heterocycles. The molecule has 0 atom stereocenters. The highest BCUT2D eigenvalue weighted by Gasteiger charge is 2.27. The van der Waals surface area contributed by atoms with Crippen molar-refractivity contribution >= 4 is 17.5 Å². The van der Waals surface area contributed by atoms with E-state index in [-0.39, 0.29) is 11.8 Å². The average molecular weight is 415 g/mol. The summed E-state index contributed by atoms with van der Waals surface area (Å²) in [5.41, 5.74) is 3.07. The van der Waals surface area contributed by atoms with Gasteiger partial charge in [0, 0.05) is 37.9 Å². The fraction of sp³-hybridized carbons (Fsp3) is 0.667. The number of nitrogens with zero attached hydrogens (tertiary/aromatic N) is 3. The van der Waals surface area contributed by atoms with Crippen LogP contribution in [0.1, 0.15) is 43.7 Å². The zero-order valence-electron chi connectivity index (χ0n) is 19.1. The summed E-state index contributed by atoms with van der Waals surface area (Å²) in [4.78, 5) is 31.6. The molecule has 1 saturated carbocycles. The number of aryl methyl sites for hydroxylation is 2. The normalized spacial score (nSPS) is 22.9. The quantitative estimate of drug-likeness (QED) is 0.778. The van der Waals surface area contributed by atoms with Crippen LogP contribution in [0.4, 0.5) is 5.69 Å². The number of benzene rings is 1. The molecule has 6 nitrogen and oxygen atoms in total. The predicted molar refractivity (Wildman–Crippen MR) is 122 cm³/mol. The first kappa shape index (κ1) is 22.8. The highest BCUT2D eigenvalue weighted by Crippen LogP contribution is 2.26. The summed E-state index contributed by atoms with van der Waals surface area (Å²) in [5, 5.41) is 3.06. The van der Waals surface area contributed by atoms with Crippen molar-refractivity contribution in [3.63, 3.8) is 0 Å². The Kier molecular flexibility index (Phi) is 7.89. The molecule has 1 aromatic carbocycles. The van der Waals surface area contributed by atoms with E-state index in [4.69, 9.17) is 0 Å². The van der Waals surface area contributed by atoms with Gasteiger partial charge in [-0.15, -0.1) is 0 Å². The van der Waals surface area contributed by atoms with E-state index in [0.29, 0.717) is 32.2 Å². The lowest BCUT2D eigenvalue weighted by Crippen LogP contribution is -2.53. The lowest BCUT2D eigenvalue weighted by Gasteiger charge is -2.37. The smallest absolute Gasteiger partial charge is 0.238 e. The molecule has 1 heterocycles. The molecule has 30 heavy (non-hydrogen) atoms. The molecule has 0 radical (unpaired) electrons. The Morgan fingerprint density at radius 1 is 1.03 bits per heavy atom. The maximum absolute atomic E-state index is 12.7. The maximum atomic E-state index is 12.7. The van der Waals surface area contributed by atoms with Gasteiger partial charge < -0.3 is 10.2 Å². The van der Waals surface area contributed by atoms with Crippen molar-refractivity contribution in [2.45, 2.75) is 52.5 Å². The van der Waals surface area contributed by atoms with E-state index in [1.165, 1.54) is 25.7 Å². The van der Waals surface area contributed by atoms with Gasteiger partial charge >= 0.3 is 0 Å². The number of anilines is 1. The third-order valence-corrected chi connectivity index (χ3v) is 6.83. The molecule has 1 aromatic rings. The summed E-state index contributed by atoms with van der Waals surface area (Å²) in [6.45, 7) is 10.1. The molecule has 2 fully saturated rings. The van der Waals surface area contributed by atoms with E-state index in [1.54, 1.807) is 0 Å². The molecule has 3 rings (SSSR count). The average Bonchev–Trinajstić information content (AvgIpc) is 2.72. The standard InChI is InChI=1S/C24H38N4O2/c1-18-8-10-21(11-9-18)26(4)17-23(30)28-14-12-27(13-15-28)16-22(29)25-24-19(2)6-5-7-20(24)3/h5-7,18,21H,8-17H2,1-4H3,(H,25,29). The summed E-state index contributed by atoms with van der Waals surface area (Å²) in [7, 11) is 2.09. The van der Waals surface area contributed by atoms with Gasteiger partial charge in [-0.1, -0.05) is 25.1 Å². The molecule has 0 unspecified atom stereocenters. The largest absolute Gasteiger partial charge is 0.339 e. The van der Waals surface area contributed by atoms with Crippen LogP contribution in [0.5, 0.6) is 0 Å². The molecular formula is C24H38N4O2. The molecule has 0 bridgehead atoms. The minimum Gasteiger partial charge on any atom is -0.339 e. The van der Waals surface area contributed by atoms with Crippen LogP contribution < -0.4 is 5.32 Å². The fourth-order valence-electron chi connectivity index (χ4n) is 4.67. The van der Waals surface area contributed by atoms with Crippen molar-refractivity contribution in [3.8, 4) is 0 Å². The van der Waals surface area contributed by atoms with Crippen LogP contribution in [-0.2, 0) is 9.59 Å². The number of piperazine rings is 1. The topological polar surface area (TPSA) is 55.9 Å². The minimum absolute atomic E-state index is 0.0124. The summed E-state index contributed by atoms with van der Waals surface area (Å²) in [6, 6.07) is 6.57. The van der Waals surface area contributed by atoms with Gasteiger partial charge in [-0.3, -0.25) is 19.4 Å². The van der Waals surface area contributed by atoms with Crippen molar-refractivity contribution in [2.75, 3.05) is 51.6 Å². The SMILES string of the molecule is Cc1cccc(C)c1NC(=O)CN1CCN(C(=O)CN(C)C2CCC(C)CC2)CC1. The van der Waals surface area contributed by atoms with Crippen molar-refractivity contribution in [1.82, 2.24) is 14.7 Å². The number of para-hydroxylation sites is 1. The Morgan fingerprint density at radius 2 is 1.63 bits per heavy atom. The van der Waals surface area contributed by atoms with Crippen LogP contribution >= 0.6 is 0 Å². The number of carbonyl (C=O) groups excluding carboxylic acids is 2. The van der Waals surface area contributed by atoms with Crippen LogP contribution in [0.15, 0.2) is 18.2 Å². The molecular weight excluding hydrogens is 376 g/mol. The Labute approximate surface area is 181 Å². The Balaban J connectivity index is 1.41. The van der Waals surface area contributed by atoms with E-state index in [9.17, 15) is 9.59 Å². The van der Waals surface area contributed by atoms with E-state index in [2.05, 4.69) is 29.1 Å². The molecule has 1 saturated heterocycles. The van der Waals surface area contributed by atoms with Gasteiger partial charge in [0.15, 0.2) is 0 Å². The lowest BCUT2D eigenvalue weighted by molar-refractivity contribution is -0.134. The predicted octanol–water partition coefficient (Wildman–Crippen LogP) is 2.90. The zero-order valence-corrected chi connectivity index (χ0v) is 19.1. The Hall–Kier alpha value is -1.92. The molecule has 1 aliphatic carbocycles. The summed E-state index contributed by atoms with van der Waals surface area (Å²) in [6.07, 6.45) is 4.94. The number of amides is 2. The second-order valence-corrected chi connectivity index (χ2v) is 9.30. The van der Waals surface area contributed by atoms with E-state index >= 15 is 0 Å². The third-order valence-electron chi connectivity index (χ3n) is 6.83. The van der Waals surface area contributed by atoms with E-state index < -0.39 is 0 Å². The van der Waals surface area contributed by atoms with Crippen LogP contribution in [0, 0.1) is 19.8 Å². The molecule has 166 valence electrons. The maximum Gasteiger partial charge on any atom is 0.238 e. The molecule has 2 amide bonds. The highest BCUT2D eigenvalue weighted by atomic mass is 16.2. The number of likely N-dealkylation sites (N-methyl/N-ethyl adjacent to an activating group) is 1. The van der Waals surface area contributed by atoms with Crippen molar-refractivity contribution < 1.29 is 9.59 Å². The molecule has 1 N–H and O–H groups in total. The van der Waals surface area contributed by atoms with Gasteiger partial charge in [0.05, 0.1) is 13.1 Å². The molecule has 2 aliphatic rings.